The summed E-state index contributed by atoms with van der Waals surface area (Å²) in [6.07, 6.45) is -0.270. The highest BCUT2D eigenvalue weighted by atomic mass is 16.5. The highest BCUT2D eigenvalue weighted by Gasteiger charge is 2.21. The van der Waals surface area contributed by atoms with Crippen molar-refractivity contribution >= 4 is 44.5 Å². The maximum Gasteiger partial charge on any atom is 0.329 e. The molecule has 0 aliphatic rings. The number of azo groups is 1. The molecule has 214 valence electrons. The number of aliphatic hydroxyl groups excluding tert-OH is 1. The third-order valence-corrected chi connectivity index (χ3v) is 7.15. The van der Waals surface area contributed by atoms with E-state index in [1.165, 1.54) is 16.2 Å². The number of hydrogen-bond acceptors (Lipinski definition) is 8. The zero-order chi connectivity index (χ0) is 29.4. The summed E-state index contributed by atoms with van der Waals surface area (Å²) < 4.78 is 10.2. The lowest BCUT2D eigenvalue weighted by Crippen LogP contribution is -2.30. The van der Waals surface area contributed by atoms with Gasteiger partial charge in [-0.2, -0.15) is 4.98 Å². The van der Waals surface area contributed by atoms with Gasteiger partial charge in [0, 0.05) is 19.0 Å². The third kappa shape index (κ3) is 4.81. The topological polar surface area (TPSA) is 152 Å². The Morgan fingerprint density at radius 3 is 2.57 bits per heavy atom. The normalized spacial score (nSPS) is 12.6. The molecule has 0 fully saturated rings. The van der Waals surface area contributed by atoms with Gasteiger partial charge in [-0.3, -0.25) is 18.9 Å². The number of fused-ring (bicyclic) bond motifs is 3. The summed E-state index contributed by atoms with van der Waals surface area (Å²) in [6, 6.07) is 21.0. The van der Waals surface area contributed by atoms with E-state index in [1.807, 2.05) is 73.7 Å². The number of hydrogen-bond donors (Lipinski definition) is 3. The minimum absolute atomic E-state index is 0.0202. The van der Waals surface area contributed by atoms with Gasteiger partial charge >= 0.3 is 5.69 Å². The van der Waals surface area contributed by atoms with Gasteiger partial charge in [0.15, 0.2) is 16.9 Å². The van der Waals surface area contributed by atoms with Gasteiger partial charge in [0.2, 0.25) is 5.88 Å². The van der Waals surface area contributed by atoms with Gasteiger partial charge in [0.25, 0.3) is 11.5 Å². The van der Waals surface area contributed by atoms with Crippen LogP contribution in [0.25, 0.3) is 32.8 Å². The third-order valence-electron chi connectivity index (χ3n) is 7.15. The zero-order valence-corrected chi connectivity index (χ0v) is 23.1. The largest absolute Gasteiger partial charge is 0.493 e. The number of aryl methyl sites for hydroxylation is 2. The predicted octanol–water partition coefficient (Wildman–Crippen LogP) is 4.50. The number of benzene rings is 3. The van der Waals surface area contributed by atoms with Gasteiger partial charge in [-0.1, -0.05) is 55.5 Å². The Kier molecular flexibility index (Phi) is 7.05. The van der Waals surface area contributed by atoms with Crippen molar-refractivity contribution in [1.82, 2.24) is 23.7 Å². The molecule has 12 nitrogen and oxygen atoms in total. The molecule has 6 aromatic rings. The van der Waals surface area contributed by atoms with Crippen molar-refractivity contribution in [2.45, 2.75) is 32.5 Å². The smallest absolute Gasteiger partial charge is 0.329 e. The molecule has 6 rings (SSSR count). The van der Waals surface area contributed by atoms with Crippen LogP contribution in [0.1, 0.15) is 13.3 Å². The number of aromatic nitrogens is 5. The summed E-state index contributed by atoms with van der Waals surface area (Å²) in [5.74, 6) is 0.522. The molecular weight excluding hydrogens is 538 g/mol. The molecule has 0 aliphatic heterocycles. The lowest BCUT2D eigenvalue weighted by molar-refractivity contribution is 0.0938. The van der Waals surface area contributed by atoms with Crippen molar-refractivity contribution < 1.29 is 14.9 Å². The Bertz CT molecular complexity index is 2090. The van der Waals surface area contributed by atoms with Crippen LogP contribution in [-0.4, -0.2) is 46.6 Å². The van der Waals surface area contributed by atoms with E-state index in [4.69, 9.17) is 4.74 Å². The molecule has 42 heavy (non-hydrogen) atoms. The van der Waals surface area contributed by atoms with Crippen molar-refractivity contribution in [1.29, 1.82) is 0 Å². The highest BCUT2D eigenvalue weighted by molar-refractivity contribution is 5.95. The molecule has 3 aromatic carbocycles. The van der Waals surface area contributed by atoms with Crippen LogP contribution in [0.3, 0.4) is 0 Å². The second-order valence-electron chi connectivity index (χ2n) is 10.0. The molecule has 1 atom stereocenters. The zero-order valence-electron chi connectivity index (χ0n) is 23.1. The van der Waals surface area contributed by atoms with Gasteiger partial charge < -0.3 is 19.5 Å². The minimum atomic E-state index is -1.07. The SMILES string of the molecule is CCCn1c(O)c(N=Nc2nc3c(c(=O)[nH]c(=O)n3C)n2C[C@@H](O)COc2ccc3ccccc3c2)c2ccccc21. The first kappa shape index (κ1) is 27.0. The van der Waals surface area contributed by atoms with E-state index in [9.17, 15) is 19.8 Å². The van der Waals surface area contributed by atoms with Crippen molar-refractivity contribution in [3.8, 4) is 11.6 Å². The quantitative estimate of drug-likeness (QED) is 0.219. The fraction of sp³-hybridized carbons (Fsp3) is 0.233. The Morgan fingerprint density at radius 1 is 1.00 bits per heavy atom. The molecular formula is C30H29N7O5. The molecule has 0 saturated carbocycles. The van der Waals surface area contributed by atoms with E-state index >= 15 is 0 Å². The average molecular weight is 568 g/mol. The van der Waals surface area contributed by atoms with Crippen LogP contribution >= 0.6 is 0 Å². The number of imidazole rings is 1. The number of nitrogens with one attached hydrogen (secondary N) is 1. The lowest BCUT2D eigenvalue weighted by atomic mass is 10.1. The summed E-state index contributed by atoms with van der Waals surface area (Å²) in [5.41, 5.74) is -0.125. The summed E-state index contributed by atoms with van der Waals surface area (Å²) in [5, 5.41) is 33.3. The maximum atomic E-state index is 12.9. The number of aliphatic hydroxyl groups is 1. The van der Waals surface area contributed by atoms with Crippen molar-refractivity contribution in [2.24, 2.45) is 17.3 Å². The molecule has 3 N–H and O–H groups in total. The van der Waals surface area contributed by atoms with Gasteiger partial charge in [-0.05, 0) is 35.4 Å². The molecule has 3 heterocycles. The number of aromatic amines is 1. The Labute approximate surface area is 238 Å². The molecule has 0 amide bonds. The number of aromatic hydroxyl groups is 1. The minimum Gasteiger partial charge on any atom is -0.493 e. The summed E-state index contributed by atoms with van der Waals surface area (Å²) in [7, 11) is 1.47. The molecule has 0 bridgehead atoms. The van der Waals surface area contributed by atoms with Gasteiger partial charge in [-0.25, -0.2) is 4.79 Å². The van der Waals surface area contributed by atoms with E-state index in [0.717, 1.165) is 22.7 Å². The first-order valence-electron chi connectivity index (χ1n) is 13.6. The second-order valence-corrected chi connectivity index (χ2v) is 10.0. The van der Waals surface area contributed by atoms with Gasteiger partial charge in [0.05, 0.1) is 12.1 Å². The van der Waals surface area contributed by atoms with Crippen molar-refractivity contribution in [3.63, 3.8) is 0 Å². The monoisotopic (exact) mass is 567 g/mol. The van der Waals surface area contributed by atoms with Crippen LogP contribution in [0.2, 0.25) is 0 Å². The fourth-order valence-electron chi connectivity index (χ4n) is 5.10. The van der Waals surface area contributed by atoms with Gasteiger partial charge in [0.1, 0.15) is 18.5 Å². The Hall–Kier alpha value is -5.23. The Morgan fingerprint density at radius 2 is 1.76 bits per heavy atom. The van der Waals surface area contributed by atoms with Crippen LogP contribution in [0.4, 0.5) is 11.6 Å². The fourth-order valence-corrected chi connectivity index (χ4v) is 5.10. The van der Waals surface area contributed by atoms with Crippen molar-refractivity contribution in [2.75, 3.05) is 6.61 Å². The second kappa shape index (κ2) is 11.0. The highest BCUT2D eigenvalue weighted by Crippen LogP contribution is 2.39. The van der Waals surface area contributed by atoms with E-state index in [-0.39, 0.29) is 41.8 Å². The van der Waals surface area contributed by atoms with Crippen LogP contribution in [-0.2, 0) is 20.1 Å². The molecule has 12 heteroatoms. The number of H-pyrrole nitrogens is 1. The van der Waals surface area contributed by atoms with Crippen LogP contribution in [0, 0.1) is 0 Å². The maximum absolute atomic E-state index is 12.9. The number of nitrogens with zero attached hydrogens (tertiary/aromatic N) is 6. The van der Waals surface area contributed by atoms with Crippen LogP contribution in [0.5, 0.6) is 11.6 Å². The van der Waals surface area contributed by atoms with Gasteiger partial charge in [-0.15, -0.1) is 10.2 Å². The summed E-state index contributed by atoms with van der Waals surface area (Å²) >= 11 is 0. The van der Waals surface area contributed by atoms with E-state index in [0.29, 0.717) is 17.7 Å². The van der Waals surface area contributed by atoms with E-state index in [2.05, 4.69) is 20.2 Å². The molecule has 0 radical (unpaired) electrons. The number of rotatable bonds is 9. The standard InChI is InChI=1S/C30H29N7O5/c1-3-14-36-23-11-7-6-10-22(23)24(28(36)40)33-34-29-31-26-25(27(39)32-30(41)35(26)2)37(29)16-20(38)17-42-21-13-12-18-8-4-5-9-19(18)15-21/h4-13,15,20,38,40H,3,14,16-17H2,1-2H3,(H,32,39,41)/t20-/m1/s1. The molecule has 0 saturated heterocycles. The average Bonchev–Trinajstić information content (AvgIpc) is 3.48. The Balaban J connectivity index is 1.36. The number of para-hydroxylation sites is 1. The first-order chi connectivity index (χ1) is 20.4. The predicted molar refractivity (Wildman–Crippen MR) is 159 cm³/mol. The lowest BCUT2D eigenvalue weighted by Gasteiger charge is -2.14. The number of ether oxygens (including phenoxy) is 1. The molecule has 0 spiro atoms. The van der Waals surface area contributed by atoms with Crippen LogP contribution in [0.15, 0.2) is 86.5 Å². The molecule has 3 aromatic heterocycles. The molecule has 0 unspecified atom stereocenters. The summed E-state index contributed by atoms with van der Waals surface area (Å²) in [6.45, 7) is 2.39. The van der Waals surface area contributed by atoms with E-state index < -0.39 is 17.4 Å². The van der Waals surface area contributed by atoms with Crippen molar-refractivity contribution in [3.05, 3.63) is 87.6 Å². The first-order valence-corrected chi connectivity index (χ1v) is 13.6. The van der Waals surface area contributed by atoms with E-state index in [1.54, 1.807) is 4.57 Å². The van der Waals surface area contributed by atoms with Crippen LogP contribution < -0.4 is 16.0 Å². The molecule has 0 aliphatic carbocycles. The summed E-state index contributed by atoms with van der Waals surface area (Å²) in [4.78, 5) is 31.9.